The van der Waals surface area contributed by atoms with Gasteiger partial charge in [0.25, 0.3) is 5.91 Å². The summed E-state index contributed by atoms with van der Waals surface area (Å²) in [6, 6.07) is 21.2. The van der Waals surface area contributed by atoms with Gasteiger partial charge in [0, 0.05) is 24.2 Å². The molecule has 1 atom stereocenters. The second-order valence-corrected chi connectivity index (χ2v) is 6.74. The molecular formula is C22H20N2O2. The quantitative estimate of drug-likeness (QED) is 0.788. The van der Waals surface area contributed by atoms with Crippen molar-refractivity contribution in [2.24, 2.45) is 0 Å². The average Bonchev–Trinajstić information content (AvgIpc) is 3.02. The van der Waals surface area contributed by atoms with E-state index < -0.39 is 0 Å². The van der Waals surface area contributed by atoms with Crippen LogP contribution in [0.4, 0.5) is 5.69 Å². The van der Waals surface area contributed by atoms with Crippen LogP contribution in [0.25, 0.3) is 10.8 Å². The maximum absolute atomic E-state index is 12.8. The molecule has 3 aromatic carbocycles. The molecule has 26 heavy (non-hydrogen) atoms. The molecule has 0 radical (unpaired) electrons. The smallest absolute Gasteiger partial charge is 0.252 e. The molecule has 3 aromatic rings. The minimum atomic E-state index is -0.185. The first-order valence-electron chi connectivity index (χ1n) is 8.77. The second kappa shape index (κ2) is 6.64. The van der Waals surface area contributed by atoms with Gasteiger partial charge in [0.15, 0.2) is 0 Å². The molecular weight excluding hydrogens is 324 g/mol. The van der Waals surface area contributed by atoms with E-state index in [2.05, 4.69) is 5.32 Å². The standard InChI is InChI=1S/C22H20N2O2/c1-15-9-11-18(12-10-15)24-14-17(13-21(24)25)23-22(26)20-8-4-6-16-5-2-3-7-19(16)20/h2-12,17H,13-14H2,1H3,(H,23,26). The van der Waals surface area contributed by atoms with Gasteiger partial charge in [0.1, 0.15) is 0 Å². The maximum Gasteiger partial charge on any atom is 0.252 e. The Balaban J connectivity index is 1.52. The van der Waals surface area contributed by atoms with Crippen molar-refractivity contribution < 1.29 is 9.59 Å². The van der Waals surface area contributed by atoms with E-state index in [1.165, 1.54) is 0 Å². The molecule has 1 heterocycles. The molecule has 1 N–H and O–H groups in total. The number of fused-ring (bicyclic) bond motifs is 1. The Hall–Kier alpha value is -3.14. The van der Waals surface area contributed by atoms with Crippen molar-refractivity contribution in [1.29, 1.82) is 0 Å². The summed E-state index contributed by atoms with van der Waals surface area (Å²) in [5.74, 6) is -0.0950. The zero-order chi connectivity index (χ0) is 18.1. The Bertz CT molecular complexity index is 974. The van der Waals surface area contributed by atoms with Crippen LogP contribution in [-0.2, 0) is 4.79 Å². The maximum atomic E-state index is 12.8. The number of amides is 2. The Kier molecular flexibility index (Phi) is 4.17. The highest BCUT2D eigenvalue weighted by atomic mass is 16.2. The van der Waals surface area contributed by atoms with Gasteiger partial charge in [-0.15, -0.1) is 0 Å². The molecule has 2 amide bonds. The normalized spacial score (nSPS) is 16.9. The fraction of sp³-hybridized carbons (Fsp3) is 0.182. The van der Waals surface area contributed by atoms with Gasteiger partial charge < -0.3 is 10.2 Å². The molecule has 1 aliphatic heterocycles. The summed E-state index contributed by atoms with van der Waals surface area (Å²) in [6.45, 7) is 2.52. The molecule has 1 aliphatic rings. The summed E-state index contributed by atoms with van der Waals surface area (Å²) in [5, 5.41) is 4.98. The third kappa shape index (κ3) is 3.06. The van der Waals surface area contributed by atoms with Crippen LogP contribution >= 0.6 is 0 Å². The Morgan fingerprint density at radius 1 is 1.00 bits per heavy atom. The summed E-state index contributed by atoms with van der Waals surface area (Å²) >= 11 is 0. The van der Waals surface area contributed by atoms with Gasteiger partial charge in [0.2, 0.25) is 5.91 Å². The SMILES string of the molecule is Cc1ccc(N2CC(NC(=O)c3cccc4ccccc34)CC2=O)cc1. The summed E-state index contributed by atoms with van der Waals surface area (Å²) in [7, 11) is 0. The number of hydrogen-bond acceptors (Lipinski definition) is 2. The average molecular weight is 344 g/mol. The van der Waals surface area contributed by atoms with E-state index in [4.69, 9.17) is 0 Å². The van der Waals surface area contributed by atoms with E-state index in [0.29, 0.717) is 18.5 Å². The zero-order valence-corrected chi connectivity index (χ0v) is 14.6. The van der Waals surface area contributed by atoms with E-state index in [9.17, 15) is 9.59 Å². The predicted octanol–water partition coefficient (Wildman–Crippen LogP) is 3.68. The lowest BCUT2D eigenvalue weighted by Crippen LogP contribution is -2.37. The largest absolute Gasteiger partial charge is 0.347 e. The van der Waals surface area contributed by atoms with Crippen molar-refractivity contribution in [1.82, 2.24) is 5.32 Å². The van der Waals surface area contributed by atoms with Gasteiger partial charge in [-0.05, 0) is 35.9 Å². The summed E-state index contributed by atoms with van der Waals surface area (Å²) < 4.78 is 0. The van der Waals surface area contributed by atoms with E-state index in [1.807, 2.05) is 73.7 Å². The minimum absolute atomic E-state index is 0.0390. The van der Waals surface area contributed by atoms with Crippen LogP contribution in [0.15, 0.2) is 66.7 Å². The number of aryl methyl sites for hydroxylation is 1. The number of carbonyl (C=O) groups is 2. The molecule has 0 aromatic heterocycles. The van der Waals surface area contributed by atoms with E-state index >= 15 is 0 Å². The number of rotatable bonds is 3. The lowest BCUT2D eigenvalue weighted by molar-refractivity contribution is -0.117. The van der Waals surface area contributed by atoms with Gasteiger partial charge in [-0.2, -0.15) is 0 Å². The molecule has 0 saturated carbocycles. The molecule has 1 saturated heterocycles. The van der Waals surface area contributed by atoms with E-state index in [0.717, 1.165) is 22.0 Å². The Labute approximate surface area is 152 Å². The van der Waals surface area contributed by atoms with Gasteiger partial charge in [-0.3, -0.25) is 9.59 Å². The molecule has 4 nitrogen and oxygen atoms in total. The van der Waals surface area contributed by atoms with Crippen molar-refractivity contribution in [3.8, 4) is 0 Å². The van der Waals surface area contributed by atoms with Gasteiger partial charge >= 0.3 is 0 Å². The van der Waals surface area contributed by atoms with Crippen molar-refractivity contribution in [2.45, 2.75) is 19.4 Å². The minimum Gasteiger partial charge on any atom is -0.347 e. The van der Waals surface area contributed by atoms with Crippen LogP contribution < -0.4 is 10.2 Å². The lowest BCUT2D eigenvalue weighted by Gasteiger charge is -2.17. The molecule has 130 valence electrons. The first-order valence-corrected chi connectivity index (χ1v) is 8.77. The topological polar surface area (TPSA) is 49.4 Å². The van der Waals surface area contributed by atoms with E-state index in [-0.39, 0.29) is 17.9 Å². The molecule has 1 fully saturated rings. The molecule has 0 spiro atoms. The van der Waals surface area contributed by atoms with Crippen molar-refractivity contribution in [3.63, 3.8) is 0 Å². The van der Waals surface area contributed by atoms with Crippen LogP contribution in [-0.4, -0.2) is 24.4 Å². The molecule has 1 unspecified atom stereocenters. The van der Waals surface area contributed by atoms with Gasteiger partial charge in [-0.25, -0.2) is 0 Å². The lowest BCUT2D eigenvalue weighted by atomic mass is 10.0. The Morgan fingerprint density at radius 2 is 1.73 bits per heavy atom. The monoisotopic (exact) mass is 344 g/mol. The number of nitrogens with zero attached hydrogens (tertiary/aromatic N) is 1. The number of nitrogens with one attached hydrogen (secondary N) is 1. The van der Waals surface area contributed by atoms with Crippen molar-refractivity contribution in [2.75, 3.05) is 11.4 Å². The highest BCUT2D eigenvalue weighted by Crippen LogP contribution is 2.23. The number of anilines is 1. The van der Waals surface area contributed by atoms with E-state index in [1.54, 1.807) is 4.90 Å². The fourth-order valence-electron chi connectivity index (χ4n) is 3.47. The first kappa shape index (κ1) is 16.3. The number of hydrogen-bond donors (Lipinski definition) is 1. The Morgan fingerprint density at radius 3 is 2.54 bits per heavy atom. The second-order valence-electron chi connectivity index (χ2n) is 6.74. The van der Waals surface area contributed by atoms with Gasteiger partial charge in [-0.1, -0.05) is 54.1 Å². The van der Waals surface area contributed by atoms with Gasteiger partial charge in [0.05, 0.1) is 6.04 Å². The number of carbonyl (C=O) groups excluding carboxylic acids is 2. The fourth-order valence-corrected chi connectivity index (χ4v) is 3.47. The third-order valence-corrected chi connectivity index (χ3v) is 4.84. The predicted molar refractivity (Wildman–Crippen MR) is 103 cm³/mol. The molecule has 4 rings (SSSR count). The van der Waals surface area contributed by atoms with Crippen molar-refractivity contribution in [3.05, 3.63) is 77.9 Å². The highest BCUT2D eigenvalue weighted by molar-refractivity contribution is 6.07. The van der Waals surface area contributed by atoms with Crippen LogP contribution in [0.5, 0.6) is 0 Å². The summed E-state index contributed by atoms with van der Waals surface area (Å²) in [4.78, 5) is 26.9. The number of benzene rings is 3. The zero-order valence-electron chi connectivity index (χ0n) is 14.6. The molecule has 0 bridgehead atoms. The van der Waals surface area contributed by atoms with Crippen LogP contribution in [0, 0.1) is 6.92 Å². The summed E-state index contributed by atoms with van der Waals surface area (Å²) in [5.41, 5.74) is 2.67. The van der Waals surface area contributed by atoms with Crippen LogP contribution in [0.3, 0.4) is 0 Å². The molecule has 4 heteroatoms. The first-order chi connectivity index (χ1) is 12.6. The van der Waals surface area contributed by atoms with Crippen LogP contribution in [0.1, 0.15) is 22.3 Å². The highest BCUT2D eigenvalue weighted by Gasteiger charge is 2.31. The molecule has 0 aliphatic carbocycles. The third-order valence-electron chi connectivity index (χ3n) is 4.84. The van der Waals surface area contributed by atoms with Crippen LogP contribution in [0.2, 0.25) is 0 Å². The van der Waals surface area contributed by atoms with Crippen molar-refractivity contribution >= 4 is 28.3 Å². The summed E-state index contributed by atoms with van der Waals surface area (Å²) in [6.07, 6.45) is 0.324.